The van der Waals surface area contributed by atoms with Crippen molar-refractivity contribution in [2.45, 2.75) is 25.9 Å². The fourth-order valence-electron chi connectivity index (χ4n) is 2.22. The second-order valence-electron chi connectivity index (χ2n) is 4.87. The van der Waals surface area contributed by atoms with Crippen LogP contribution in [0, 0.1) is 10.1 Å². The monoisotopic (exact) mass is 270 g/mol. The molecule has 1 N–H and O–H groups in total. The molecule has 0 saturated carbocycles. The smallest absolute Gasteiger partial charge is 0.269 e. The highest BCUT2D eigenvalue weighted by Crippen LogP contribution is 2.22. The van der Waals surface area contributed by atoms with Gasteiger partial charge in [0.2, 0.25) is 0 Å². The van der Waals surface area contributed by atoms with E-state index in [0.29, 0.717) is 0 Å². The lowest BCUT2D eigenvalue weighted by Crippen LogP contribution is -2.22. The Hall–Kier alpha value is -2.20. The molecule has 0 heterocycles. The molecule has 0 aliphatic carbocycles. The standard InChI is InChI=1S/C16H18N2O2/c1-12(14-7-4-3-5-8-14)17-13(2)15-9-6-10-16(11-15)18(19)20/h3-13,17H,1-2H3. The van der Waals surface area contributed by atoms with Crippen LogP contribution in [0.4, 0.5) is 5.69 Å². The molecule has 0 saturated heterocycles. The summed E-state index contributed by atoms with van der Waals surface area (Å²) in [5, 5.41) is 14.3. The number of rotatable bonds is 5. The Morgan fingerprint density at radius 2 is 1.55 bits per heavy atom. The summed E-state index contributed by atoms with van der Waals surface area (Å²) in [6.07, 6.45) is 0. The lowest BCUT2D eigenvalue weighted by molar-refractivity contribution is -0.384. The van der Waals surface area contributed by atoms with Crippen molar-refractivity contribution < 1.29 is 4.92 Å². The third kappa shape index (κ3) is 3.42. The zero-order valence-electron chi connectivity index (χ0n) is 11.6. The summed E-state index contributed by atoms with van der Waals surface area (Å²) in [5.74, 6) is 0. The molecule has 0 spiro atoms. The number of hydrogen-bond donors (Lipinski definition) is 1. The van der Waals surface area contributed by atoms with Crippen molar-refractivity contribution in [2.75, 3.05) is 0 Å². The van der Waals surface area contributed by atoms with Gasteiger partial charge in [0.15, 0.2) is 0 Å². The minimum atomic E-state index is -0.364. The van der Waals surface area contributed by atoms with Crippen LogP contribution in [0.1, 0.15) is 37.1 Å². The van der Waals surface area contributed by atoms with Crippen molar-refractivity contribution in [3.63, 3.8) is 0 Å². The summed E-state index contributed by atoms with van der Waals surface area (Å²) < 4.78 is 0. The van der Waals surface area contributed by atoms with Gasteiger partial charge in [0.25, 0.3) is 5.69 Å². The van der Waals surface area contributed by atoms with Gasteiger partial charge >= 0.3 is 0 Å². The van der Waals surface area contributed by atoms with Gasteiger partial charge in [-0.15, -0.1) is 0 Å². The lowest BCUT2D eigenvalue weighted by atomic mass is 10.0. The van der Waals surface area contributed by atoms with Gasteiger partial charge in [-0.3, -0.25) is 10.1 Å². The molecule has 2 atom stereocenters. The van der Waals surface area contributed by atoms with E-state index in [9.17, 15) is 10.1 Å². The van der Waals surface area contributed by atoms with Crippen LogP contribution in [0.15, 0.2) is 54.6 Å². The third-order valence-electron chi connectivity index (χ3n) is 3.38. The van der Waals surface area contributed by atoms with E-state index in [4.69, 9.17) is 0 Å². The van der Waals surface area contributed by atoms with Crippen LogP contribution in [0.5, 0.6) is 0 Å². The van der Waals surface area contributed by atoms with Gasteiger partial charge in [-0.25, -0.2) is 0 Å². The minimum absolute atomic E-state index is 0.0464. The first-order valence-corrected chi connectivity index (χ1v) is 6.63. The van der Waals surface area contributed by atoms with Crippen LogP contribution in [-0.4, -0.2) is 4.92 Å². The Morgan fingerprint density at radius 3 is 2.20 bits per heavy atom. The number of non-ortho nitro benzene ring substituents is 1. The van der Waals surface area contributed by atoms with Crippen molar-refractivity contribution in [1.29, 1.82) is 0 Å². The molecule has 2 aromatic carbocycles. The summed E-state index contributed by atoms with van der Waals surface area (Å²) in [5.41, 5.74) is 2.25. The fourth-order valence-corrected chi connectivity index (χ4v) is 2.22. The molecule has 2 unspecified atom stereocenters. The van der Waals surface area contributed by atoms with Crippen LogP contribution in [0.25, 0.3) is 0 Å². The summed E-state index contributed by atoms with van der Waals surface area (Å²) >= 11 is 0. The molecule has 2 aromatic rings. The van der Waals surface area contributed by atoms with Gasteiger partial charge in [-0.2, -0.15) is 0 Å². The quantitative estimate of drug-likeness (QED) is 0.659. The first-order chi connectivity index (χ1) is 9.58. The molecule has 0 radical (unpaired) electrons. The Morgan fingerprint density at radius 1 is 0.950 bits per heavy atom. The number of nitro groups is 1. The zero-order chi connectivity index (χ0) is 14.5. The molecule has 0 amide bonds. The maximum Gasteiger partial charge on any atom is 0.269 e. The SMILES string of the molecule is CC(NC(C)c1cccc([N+](=O)[O-])c1)c1ccccc1. The van der Waals surface area contributed by atoms with Crippen molar-refractivity contribution in [3.05, 3.63) is 75.8 Å². The fraction of sp³-hybridized carbons (Fsp3) is 0.250. The van der Waals surface area contributed by atoms with E-state index < -0.39 is 0 Å². The van der Waals surface area contributed by atoms with Gasteiger partial charge in [-0.05, 0) is 25.0 Å². The summed E-state index contributed by atoms with van der Waals surface area (Å²) in [6.45, 7) is 4.10. The molecule has 0 bridgehead atoms. The predicted octanol–water partition coefficient (Wildman–Crippen LogP) is 4.01. The Bertz CT molecular complexity index is 584. The van der Waals surface area contributed by atoms with Crippen molar-refractivity contribution >= 4 is 5.69 Å². The molecule has 0 aliphatic heterocycles. The van der Waals surface area contributed by atoms with Crippen molar-refractivity contribution in [2.24, 2.45) is 0 Å². The number of nitro benzene ring substituents is 1. The molecular weight excluding hydrogens is 252 g/mol. The predicted molar refractivity (Wildman–Crippen MR) is 79.5 cm³/mol. The van der Waals surface area contributed by atoms with Crippen molar-refractivity contribution in [1.82, 2.24) is 5.32 Å². The molecule has 0 fully saturated rings. The highest BCUT2D eigenvalue weighted by molar-refractivity contribution is 5.35. The first-order valence-electron chi connectivity index (χ1n) is 6.63. The van der Waals surface area contributed by atoms with E-state index >= 15 is 0 Å². The summed E-state index contributed by atoms with van der Waals surface area (Å²) in [6, 6.07) is 17.1. The van der Waals surface area contributed by atoms with Gasteiger partial charge < -0.3 is 5.32 Å². The lowest BCUT2D eigenvalue weighted by Gasteiger charge is -2.20. The summed E-state index contributed by atoms with van der Waals surface area (Å²) in [7, 11) is 0. The topological polar surface area (TPSA) is 55.2 Å². The van der Waals surface area contributed by atoms with E-state index in [0.717, 1.165) is 5.56 Å². The average molecular weight is 270 g/mol. The molecule has 20 heavy (non-hydrogen) atoms. The average Bonchev–Trinajstić information content (AvgIpc) is 2.48. The largest absolute Gasteiger partial charge is 0.304 e. The Labute approximate surface area is 118 Å². The first kappa shape index (κ1) is 14.2. The maximum absolute atomic E-state index is 10.8. The van der Waals surface area contributed by atoms with Gasteiger partial charge in [0.1, 0.15) is 0 Å². The third-order valence-corrected chi connectivity index (χ3v) is 3.38. The number of benzene rings is 2. The molecule has 0 aliphatic rings. The Kier molecular flexibility index (Phi) is 4.48. The molecule has 2 rings (SSSR count). The molecule has 0 aromatic heterocycles. The van der Waals surface area contributed by atoms with E-state index in [1.807, 2.05) is 31.2 Å². The van der Waals surface area contributed by atoms with Crippen LogP contribution in [0.3, 0.4) is 0 Å². The van der Waals surface area contributed by atoms with Gasteiger partial charge in [-0.1, -0.05) is 42.5 Å². The van der Waals surface area contributed by atoms with Crippen LogP contribution in [0.2, 0.25) is 0 Å². The normalized spacial score (nSPS) is 13.7. The Balaban J connectivity index is 2.10. The molecule has 104 valence electrons. The van der Waals surface area contributed by atoms with Crippen LogP contribution >= 0.6 is 0 Å². The highest BCUT2D eigenvalue weighted by atomic mass is 16.6. The van der Waals surface area contributed by atoms with Gasteiger partial charge in [0.05, 0.1) is 4.92 Å². The van der Waals surface area contributed by atoms with E-state index in [1.165, 1.54) is 11.6 Å². The van der Waals surface area contributed by atoms with E-state index in [-0.39, 0.29) is 22.7 Å². The maximum atomic E-state index is 10.8. The van der Waals surface area contributed by atoms with Crippen LogP contribution in [-0.2, 0) is 0 Å². The molecule has 4 heteroatoms. The number of nitrogens with one attached hydrogen (secondary N) is 1. The zero-order valence-corrected chi connectivity index (χ0v) is 11.6. The highest BCUT2D eigenvalue weighted by Gasteiger charge is 2.13. The summed E-state index contributed by atoms with van der Waals surface area (Å²) in [4.78, 5) is 10.4. The number of hydrogen-bond acceptors (Lipinski definition) is 3. The van der Waals surface area contributed by atoms with Gasteiger partial charge in [0, 0.05) is 24.2 Å². The molecule has 4 nitrogen and oxygen atoms in total. The second-order valence-corrected chi connectivity index (χ2v) is 4.87. The van der Waals surface area contributed by atoms with E-state index in [2.05, 4.69) is 24.4 Å². The number of nitrogens with zero attached hydrogens (tertiary/aromatic N) is 1. The second kappa shape index (κ2) is 6.30. The van der Waals surface area contributed by atoms with Crippen molar-refractivity contribution in [3.8, 4) is 0 Å². The minimum Gasteiger partial charge on any atom is -0.304 e. The van der Waals surface area contributed by atoms with E-state index in [1.54, 1.807) is 12.1 Å². The van der Waals surface area contributed by atoms with Crippen LogP contribution < -0.4 is 5.32 Å². The molecular formula is C16H18N2O2.